The van der Waals surface area contributed by atoms with E-state index in [1.165, 1.54) is 5.70 Å². The van der Waals surface area contributed by atoms with E-state index in [9.17, 15) is 0 Å². The van der Waals surface area contributed by atoms with E-state index >= 15 is 0 Å². The second kappa shape index (κ2) is 1.32. The highest BCUT2D eigenvalue weighted by Gasteiger charge is 2.20. The average Bonchev–Trinajstić information content (AvgIpc) is 2.15. The molecule has 2 N–H and O–H groups in total. The first-order chi connectivity index (χ1) is 3.97. The van der Waals surface area contributed by atoms with Gasteiger partial charge >= 0.3 is 0 Å². The highest BCUT2D eigenvalue weighted by molar-refractivity contribution is 5.69. The Hall–Kier alpha value is -0.830. The lowest BCUT2D eigenvalue weighted by Gasteiger charge is -1.92. The molecule has 0 aromatic rings. The van der Waals surface area contributed by atoms with Crippen LogP contribution in [0.1, 0.15) is 0 Å². The van der Waals surface area contributed by atoms with Crippen LogP contribution in [0, 0.1) is 5.92 Å². The number of hydrazine groups is 1. The summed E-state index contributed by atoms with van der Waals surface area (Å²) >= 11 is 0. The number of fused-ring (bicyclic) bond motifs is 1. The molecule has 0 aromatic heterocycles. The Morgan fingerprint density at radius 3 is 3.62 bits per heavy atom. The molecule has 2 aliphatic rings. The van der Waals surface area contributed by atoms with E-state index < -0.39 is 0 Å². The van der Waals surface area contributed by atoms with Crippen LogP contribution in [-0.4, -0.2) is 12.8 Å². The first kappa shape index (κ1) is 4.09. The molecule has 0 aliphatic carbocycles. The molecule has 2 rings (SSSR count). The standard InChI is InChI=1S/C5H7N3/c1-4-2-7-8-5(4)3-6-1/h1,3-4,7-8H,2H2. The molecule has 1 atom stereocenters. The zero-order chi connectivity index (χ0) is 5.40. The highest BCUT2D eigenvalue weighted by Crippen LogP contribution is 2.13. The lowest BCUT2D eigenvalue weighted by molar-refractivity contribution is 0.712. The van der Waals surface area contributed by atoms with Crippen molar-refractivity contribution in [2.45, 2.75) is 0 Å². The second-order valence-corrected chi connectivity index (χ2v) is 1.99. The molecule has 2 aliphatic heterocycles. The van der Waals surface area contributed by atoms with E-state index in [0.717, 1.165) is 6.54 Å². The maximum Gasteiger partial charge on any atom is 0.0542 e. The monoisotopic (exact) mass is 109 g/mol. The Kier molecular flexibility index (Phi) is 0.676. The molecule has 1 fully saturated rings. The van der Waals surface area contributed by atoms with E-state index in [2.05, 4.69) is 15.8 Å². The van der Waals surface area contributed by atoms with Crippen molar-refractivity contribution >= 4 is 6.21 Å². The van der Waals surface area contributed by atoms with Crippen molar-refractivity contribution in [3.63, 3.8) is 0 Å². The fraction of sp³-hybridized carbons (Fsp3) is 0.400. The summed E-state index contributed by atoms with van der Waals surface area (Å²) in [5.41, 5.74) is 7.22. The zero-order valence-electron chi connectivity index (χ0n) is 4.39. The molecule has 3 nitrogen and oxygen atoms in total. The van der Waals surface area contributed by atoms with Crippen molar-refractivity contribution in [3.8, 4) is 0 Å². The lowest BCUT2D eigenvalue weighted by Crippen LogP contribution is -2.20. The Bertz CT molecular complexity index is 159. The number of aliphatic imine (C=N–C) groups is 1. The topological polar surface area (TPSA) is 36.4 Å². The quantitative estimate of drug-likeness (QED) is 0.445. The Morgan fingerprint density at radius 2 is 2.75 bits per heavy atom. The molecule has 42 valence electrons. The SMILES string of the molecule is C1=NC=C2NNCC12. The van der Waals surface area contributed by atoms with Gasteiger partial charge in [0.15, 0.2) is 0 Å². The van der Waals surface area contributed by atoms with Gasteiger partial charge in [-0.15, -0.1) is 0 Å². The van der Waals surface area contributed by atoms with Crippen LogP contribution in [0.2, 0.25) is 0 Å². The summed E-state index contributed by atoms with van der Waals surface area (Å²) < 4.78 is 0. The highest BCUT2D eigenvalue weighted by atomic mass is 15.4. The summed E-state index contributed by atoms with van der Waals surface area (Å²) in [5.74, 6) is 0.523. The van der Waals surface area contributed by atoms with Gasteiger partial charge in [-0.3, -0.25) is 4.99 Å². The van der Waals surface area contributed by atoms with Crippen LogP contribution in [-0.2, 0) is 0 Å². The van der Waals surface area contributed by atoms with Crippen LogP contribution < -0.4 is 10.9 Å². The van der Waals surface area contributed by atoms with Gasteiger partial charge in [0.05, 0.1) is 11.6 Å². The minimum absolute atomic E-state index is 0.523. The van der Waals surface area contributed by atoms with E-state index in [1.807, 2.05) is 12.4 Å². The normalized spacial score (nSPS) is 32.0. The largest absolute Gasteiger partial charge is 0.323 e. The number of nitrogens with zero attached hydrogens (tertiary/aromatic N) is 1. The predicted octanol–water partition coefficient (Wildman–Crippen LogP) is -0.364. The van der Waals surface area contributed by atoms with Crippen molar-refractivity contribution in [1.82, 2.24) is 10.9 Å². The van der Waals surface area contributed by atoms with Gasteiger partial charge in [0.25, 0.3) is 0 Å². The first-order valence-electron chi connectivity index (χ1n) is 2.69. The van der Waals surface area contributed by atoms with E-state index in [-0.39, 0.29) is 0 Å². The third-order valence-corrected chi connectivity index (χ3v) is 1.43. The molecular formula is C5H7N3. The number of hydrogen-bond acceptors (Lipinski definition) is 3. The second-order valence-electron chi connectivity index (χ2n) is 1.99. The van der Waals surface area contributed by atoms with Crippen molar-refractivity contribution in [2.75, 3.05) is 6.54 Å². The predicted molar refractivity (Wildman–Crippen MR) is 31.2 cm³/mol. The molecule has 0 bridgehead atoms. The minimum Gasteiger partial charge on any atom is -0.323 e. The molecule has 0 saturated carbocycles. The van der Waals surface area contributed by atoms with E-state index in [0.29, 0.717) is 5.92 Å². The molecule has 0 radical (unpaired) electrons. The average molecular weight is 109 g/mol. The lowest BCUT2D eigenvalue weighted by atomic mass is 10.1. The van der Waals surface area contributed by atoms with Gasteiger partial charge in [0, 0.05) is 19.0 Å². The van der Waals surface area contributed by atoms with Gasteiger partial charge in [-0.05, 0) is 0 Å². The molecule has 0 spiro atoms. The van der Waals surface area contributed by atoms with Gasteiger partial charge in [0.1, 0.15) is 0 Å². The molecule has 1 unspecified atom stereocenters. The molecule has 0 aromatic carbocycles. The molecule has 2 heterocycles. The number of rotatable bonds is 0. The summed E-state index contributed by atoms with van der Waals surface area (Å²) in [6.07, 6.45) is 3.80. The van der Waals surface area contributed by atoms with Crippen LogP contribution in [0.5, 0.6) is 0 Å². The molecule has 0 amide bonds. The van der Waals surface area contributed by atoms with Crippen molar-refractivity contribution < 1.29 is 0 Å². The first-order valence-corrected chi connectivity index (χ1v) is 2.69. The minimum atomic E-state index is 0.523. The summed E-state index contributed by atoms with van der Waals surface area (Å²) in [6.45, 7) is 0.981. The van der Waals surface area contributed by atoms with Gasteiger partial charge in [-0.25, -0.2) is 5.43 Å². The third-order valence-electron chi connectivity index (χ3n) is 1.43. The molecule has 1 saturated heterocycles. The third kappa shape index (κ3) is 0.391. The van der Waals surface area contributed by atoms with E-state index in [4.69, 9.17) is 0 Å². The number of hydrogen-bond donors (Lipinski definition) is 2. The zero-order valence-corrected chi connectivity index (χ0v) is 4.39. The van der Waals surface area contributed by atoms with E-state index in [1.54, 1.807) is 0 Å². The van der Waals surface area contributed by atoms with Gasteiger partial charge in [0.2, 0.25) is 0 Å². The summed E-state index contributed by atoms with van der Waals surface area (Å²) in [4.78, 5) is 3.98. The van der Waals surface area contributed by atoms with Crippen LogP contribution in [0.3, 0.4) is 0 Å². The fourth-order valence-electron chi connectivity index (χ4n) is 0.954. The smallest absolute Gasteiger partial charge is 0.0542 e. The maximum atomic E-state index is 3.98. The van der Waals surface area contributed by atoms with Gasteiger partial charge in [-0.2, -0.15) is 0 Å². The van der Waals surface area contributed by atoms with Gasteiger partial charge < -0.3 is 5.43 Å². The maximum absolute atomic E-state index is 3.98. The summed E-state index contributed by atoms with van der Waals surface area (Å²) in [7, 11) is 0. The van der Waals surface area contributed by atoms with Crippen molar-refractivity contribution in [1.29, 1.82) is 0 Å². The fourth-order valence-corrected chi connectivity index (χ4v) is 0.954. The van der Waals surface area contributed by atoms with Crippen LogP contribution in [0.25, 0.3) is 0 Å². The van der Waals surface area contributed by atoms with Crippen LogP contribution in [0.4, 0.5) is 0 Å². The van der Waals surface area contributed by atoms with Crippen molar-refractivity contribution in [3.05, 3.63) is 11.9 Å². The summed E-state index contributed by atoms with van der Waals surface area (Å²) in [5, 5.41) is 0. The molecule has 8 heavy (non-hydrogen) atoms. The summed E-state index contributed by atoms with van der Waals surface area (Å²) in [6, 6.07) is 0. The van der Waals surface area contributed by atoms with Crippen LogP contribution >= 0.6 is 0 Å². The van der Waals surface area contributed by atoms with Gasteiger partial charge in [-0.1, -0.05) is 0 Å². The Labute approximate surface area is 47.5 Å². The molecule has 3 heteroatoms. The van der Waals surface area contributed by atoms with Crippen LogP contribution in [0.15, 0.2) is 16.9 Å². The Morgan fingerprint density at radius 1 is 1.75 bits per heavy atom. The van der Waals surface area contributed by atoms with Crippen molar-refractivity contribution in [2.24, 2.45) is 10.9 Å². The molecular weight excluding hydrogens is 102 g/mol. The number of nitrogens with one attached hydrogen (secondary N) is 2. The Balaban J connectivity index is 2.29.